The van der Waals surface area contributed by atoms with E-state index >= 15 is 0 Å². The first-order valence-electron chi connectivity index (χ1n) is 8.01. The monoisotopic (exact) mass is 435 g/mol. The van der Waals surface area contributed by atoms with Crippen molar-refractivity contribution in [2.75, 3.05) is 13.1 Å². The Hall–Kier alpha value is -0.840. The number of hydrogen-bond donors (Lipinski definition) is 0. The van der Waals surface area contributed by atoms with E-state index in [2.05, 4.69) is 0 Å². The maximum Gasteiger partial charge on any atom is 0.417 e. The molecule has 0 saturated carbocycles. The summed E-state index contributed by atoms with van der Waals surface area (Å²) >= 11 is 0. The normalized spacial score (nSPS) is 13.3. The van der Waals surface area contributed by atoms with Crippen LogP contribution in [0.3, 0.4) is 0 Å². The Balaban J connectivity index is 3.54. The maximum atomic E-state index is 13.4. The molecule has 0 amide bonds. The van der Waals surface area contributed by atoms with E-state index < -0.39 is 40.6 Å². The van der Waals surface area contributed by atoms with E-state index in [1.807, 2.05) is 13.8 Å². The summed E-state index contributed by atoms with van der Waals surface area (Å²) in [7, 11) is -3.79. The lowest BCUT2D eigenvalue weighted by Crippen LogP contribution is -2.34. The number of hydrogen-bond acceptors (Lipinski definition) is 4. The Morgan fingerprint density at radius 3 is 1.88 bits per heavy atom. The third-order valence-electron chi connectivity index (χ3n) is 3.68. The van der Waals surface area contributed by atoms with Crippen molar-refractivity contribution in [3.63, 3.8) is 0 Å². The highest BCUT2D eigenvalue weighted by molar-refractivity contribution is 8.13. The highest BCUT2D eigenvalue weighted by Crippen LogP contribution is 2.37. The Morgan fingerprint density at radius 1 is 1.00 bits per heavy atom. The second-order valence-electron chi connectivity index (χ2n) is 5.70. The van der Waals surface area contributed by atoms with Crippen LogP contribution in [-0.2, 0) is 25.3 Å². The minimum absolute atomic E-state index is 0.0890. The molecule has 1 aromatic rings. The zero-order chi connectivity index (χ0) is 20.2. The van der Waals surface area contributed by atoms with Crippen LogP contribution in [0.4, 0.5) is 13.2 Å². The fraction of sp³-hybridized carbons (Fsp3) is 0.600. The van der Waals surface area contributed by atoms with Crippen LogP contribution in [0, 0.1) is 0 Å². The number of alkyl halides is 3. The molecule has 5 nitrogen and oxygen atoms in total. The van der Waals surface area contributed by atoms with E-state index in [-0.39, 0.29) is 19.2 Å². The highest BCUT2D eigenvalue weighted by Gasteiger charge is 2.40. The summed E-state index contributed by atoms with van der Waals surface area (Å²) in [6.07, 6.45) is -2.71. The summed E-state index contributed by atoms with van der Waals surface area (Å²) in [6.45, 7) is 3.86. The van der Waals surface area contributed by atoms with Gasteiger partial charge in [-0.2, -0.15) is 17.5 Å². The van der Waals surface area contributed by atoms with E-state index in [0.717, 1.165) is 10.4 Å². The smallest absolute Gasteiger partial charge is 0.207 e. The summed E-state index contributed by atoms with van der Waals surface area (Å²) in [6, 6.07) is 1.67. The standard InChI is InChI=1S/C15H21ClF3NO4S2/c1-3-5-9-20(10-6-4-2)26(23,24)14-8-7-12(25(16,21)22)11-13(14)15(17,18)19/h7-8,11H,3-6,9-10H2,1-2H3. The van der Waals surface area contributed by atoms with Crippen molar-refractivity contribution in [3.05, 3.63) is 23.8 Å². The lowest BCUT2D eigenvalue weighted by molar-refractivity contribution is -0.140. The first-order valence-corrected chi connectivity index (χ1v) is 11.8. The number of rotatable bonds is 9. The lowest BCUT2D eigenvalue weighted by atomic mass is 10.2. The quantitative estimate of drug-likeness (QED) is 0.544. The van der Waals surface area contributed by atoms with Crippen LogP contribution in [0.2, 0.25) is 0 Å². The number of nitrogens with zero attached hydrogens (tertiary/aromatic N) is 1. The summed E-state index contributed by atoms with van der Waals surface area (Å²) in [5, 5.41) is 0. The number of benzene rings is 1. The molecule has 0 atom stereocenters. The van der Waals surface area contributed by atoms with E-state index in [1.165, 1.54) is 0 Å². The Morgan fingerprint density at radius 2 is 1.50 bits per heavy atom. The van der Waals surface area contributed by atoms with Gasteiger partial charge in [-0.15, -0.1) is 0 Å². The van der Waals surface area contributed by atoms with Crippen molar-refractivity contribution in [3.8, 4) is 0 Å². The highest BCUT2D eigenvalue weighted by atomic mass is 35.7. The van der Waals surface area contributed by atoms with Crippen molar-refractivity contribution in [1.29, 1.82) is 0 Å². The zero-order valence-electron chi connectivity index (χ0n) is 14.4. The Kier molecular flexibility index (Phi) is 7.94. The predicted octanol–water partition coefficient (Wildman–Crippen LogP) is 4.22. The Bertz CT molecular complexity index is 816. The average Bonchev–Trinajstić information content (AvgIpc) is 2.52. The molecule has 0 aliphatic heterocycles. The van der Waals surface area contributed by atoms with Crippen molar-refractivity contribution in [2.45, 2.75) is 55.5 Å². The first kappa shape index (κ1) is 23.2. The number of sulfonamides is 1. The van der Waals surface area contributed by atoms with Gasteiger partial charge in [0.2, 0.25) is 10.0 Å². The third-order valence-corrected chi connectivity index (χ3v) is 6.99. The van der Waals surface area contributed by atoms with Gasteiger partial charge in [0.15, 0.2) is 0 Å². The molecule has 0 aliphatic rings. The zero-order valence-corrected chi connectivity index (χ0v) is 16.8. The third kappa shape index (κ3) is 5.83. The van der Waals surface area contributed by atoms with Crippen LogP contribution in [0.15, 0.2) is 28.0 Å². The van der Waals surface area contributed by atoms with E-state index in [1.54, 1.807) is 0 Å². The van der Waals surface area contributed by atoms with Gasteiger partial charge >= 0.3 is 6.18 Å². The number of unbranched alkanes of at least 4 members (excludes halogenated alkanes) is 2. The van der Waals surface area contributed by atoms with Gasteiger partial charge in [0, 0.05) is 23.8 Å². The van der Waals surface area contributed by atoms with Gasteiger partial charge in [-0.3, -0.25) is 0 Å². The summed E-state index contributed by atoms with van der Waals surface area (Å²) in [5.41, 5.74) is -1.54. The molecular formula is C15H21ClF3NO4S2. The van der Waals surface area contributed by atoms with Gasteiger partial charge in [0.1, 0.15) is 0 Å². The summed E-state index contributed by atoms with van der Waals surface area (Å²) in [4.78, 5) is -1.78. The van der Waals surface area contributed by atoms with E-state index in [0.29, 0.717) is 31.7 Å². The molecule has 0 saturated heterocycles. The molecule has 0 spiro atoms. The van der Waals surface area contributed by atoms with Crippen LogP contribution < -0.4 is 0 Å². The molecule has 0 unspecified atom stereocenters. The van der Waals surface area contributed by atoms with Gasteiger partial charge in [0.05, 0.1) is 15.4 Å². The van der Waals surface area contributed by atoms with E-state index in [9.17, 15) is 30.0 Å². The van der Waals surface area contributed by atoms with Gasteiger partial charge in [-0.25, -0.2) is 16.8 Å². The molecule has 0 aromatic heterocycles. The fourth-order valence-corrected chi connectivity index (χ4v) is 4.75. The van der Waals surface area contributed by atoms with Crippen LogP contribution in [0.5, 0.6) is 0 Å². The molecule has 0 bridgehead atoms. The van der Waals surface area contributed by atoms with E-state index in [4.69, 9.17) is 10.7 Å². The molecule has 0 heterocycles. The first-order chi connectivity index (χ1) is 11.9. The van der Waals surface area contributed by atoms with Crippen LogP contribution in [-0.4, -0.2) is 34.2 Å². The molecule has 1 rings (SSSR count). The molecule has 0 N–H and O–H groups in total. The van der Waals surface area contributed by atoms with Gasteiger partial charge in [-0.1, -0.05) is 26.7 Å². The number of halogens is 4. The minimum atomic E-state index is -5.05. The van der Waals surface area contributed by atoms with Gasteiger partial charge in [0.25, 0.3) is 9.05 Å². The van der Waals surface area contributed by atoms with Gasteiger partial charge in [-0.05, 0) is 31.0 Å². The van der Waals surface area contributed by atoms with Crippen molar-refractivity contribution in [1.82, 2.24) is 4.31 Å². The summed E-state index contributed by atoms with van der Waals surface area (Å²) < 4.78 is 89.5. The molecule has 26 heavy (non-hydrogen) atoms. The molecule has 0 aliphatic carbocycles. The lowest BCUT2D eigenvalue weighted by Gasteiger charge is -2.24. The van der Waals surface area contributed by atoms with Crippen molar-refractivity contribution >= 4 is 29.8 Å². The van der Waals surface area contributed by atoms with Crippen LogP contribution >= 0.6 is 10.7 Å². The van der Waals surface area contributed by atoms with Crippen LogP contribution in [0.25, 0.3) is 0 Å². The summed E-state index contributed by atoms with van der Waals surface area (Å²) in [5.74, 6) is 0. The minimum Gasteiger partial charge on any atom is -0.207 e. The second-order valence-corrected chi connectivity index (χ2v) is 10.2. The largest absolute Gasteiger partial charge is 0.417 e. The van der Waals surface area contributed by atoms with Gasteiger partial charge < -0.3 is 0 Å². The second kappa shape index (κ2) is 8.90. The molecule has 1 aromatic carbocycles. The van der Waals surface area contributed by atoms with Crippen molar-refractivity contribution < 1.29 is 30.0 Å². The average molecular weight is 436 g/mol. The SMILES string of the molecule is CCCCN(CCCC)S(=O)(=O)c1ccc(S(=O)(=O)Cl)cc1C(F)(F)F. The van der Waals surface area contributed by atoms with Crippen LogP contribution in [0.1, 0.15) is 45.1 Å². The maximum absolute atomic E-state index is 13.4. The molecule has 0 radical (unpaired) electrons. The molecule has 0 fully saturated rings. The fourth-order valence-electron chi connectivity index (χ4n) is 2.27. The Labute approximate surface area is 156 Å². The molecule has 11 heteroatoms. The molecule has 150 valence electrons. The predicted molar refractivity (Wildman–Crippen MR) is 93.1 cm³/mol. The topological polar surface area (TPSA) is 71.5 Å². The molecular weight excluding hydrogens is 415 g/mol. The van der Waals surface area contributed by atoms with Crippen molar-refractivity contribution in [2.24, 2.45) is 0 Å².